The Morgan fingerprint density at radius 3 is 2.25 bits per heavy atom. The standard InChI is InChI=1S/C8H9F3N2O.2ClH/c9-8(10,11)14-7-4-2-1-3-6(7)5-13-12;;/h1-4,13H,5,12H2;2*1H. The minimum absolute atomic E-state index is 0. The second-order valence-corrected chi connectivity index (χ2v) is 2.54. The van der Waals surface area contributed by atoms with Crippen LogP contribution >= 0.6 is 24.8 Å². The van der Waals surface area contributed by atoms with E-state index in [4.69, 9.17) is 5.84 Å². The highest BCUT2D eigenvalue weighted by Gasteiger charge is 2.31. The van der Waals surface area contributed by atoms with Crippen LogP contribution in [0, 0.1) is 0 Å². The van der Waals surface area contributed by atoms with Crippen LogP contribution in [0.15, 0.2) is 24.3 Å². The molecule has 0 bridgehead atoms. The Morgan fingerprint density at radius 2 is 1.75 bits per heavy atom. The summed E-state index contributed by atoms with van der Waals surface area (Å²) in [4.78, 5) is 0. The summed E-state index contributed by atoms with van der Waals surface area (Å²) in [5.74, 6) is 4.77. The van der Waals surface area contributed by atoms with Crippen molar-refractivity contribution in [2.75, 3.05) is 0 Å². The van der Waals surface area contributed by atoms with Crippen LogP contribution in [0.2, 0.25) is 0 Å². The lowest BCUT2D eigenvalue weighted by Crippen LogP contribution is -2.23. The second-order valence-electron chi connectivity index (χ2n) is 2.54. The number of nitrogens with one attached hydrogen (secondary N) is 1. The van der Waals surface area contributed by atoms with E-state index in [0.29, 0.717) is 5.56 Å². The number of ether oxygens (including phenoxy) is 1. The molecule has 1 rings (SSSR count). The summed E-state index contributed by atoms with van der Waals surface area (Å²) >= 11 is 0. The van der Waals surface area contributed by atoms with E-state index in [1.807, 2.05) is 0 Å². The first-order chi connectivity index (χ1) is 6.53. The van der Waals surface area contributed by atoms with E-state index < -0.39 is 6.36 Å². The van der Waals surface area contributed by atoms with Gasteiger partial charge in [-0.25, -0.2) is 0 Å². The fourth-order valence-electron chi connectivity index (χ4n) is 0.984. The van der Waals surface area contributed by atoms with E-state index in [2.05, 4.69) is 10.2 Å². The summed E-state index contributed by atoms with van der Waals surface area (Å²) in [6.07, 6.45) is -4.68. The number of halogens is 5. The van der Waals surface area contributed by atoms with E-state index in [1.54, 1.807) is 6.07 Å². The molecule has 0 saturated heterocycles. The first-order valence-corrected chi connectivity index (χ1v) is 3.80. The highest BCUT2D eigenvalue weighted by Crippen LogP contribution is 2.25. The molecule has 0 atom stereocenters. The Hall–Kier alpha value is -0.690. The van der Waals surface area contributed by atoms with Crippen LogP contribution in [-0.4, -0.2) is 6.36 Å². The van der Waals surface area contributed by atoms with Gasteiger partial charge < -0.3 is 4.74 Å². The molecule has 0 aliphatic carbocycles. The number of hydrogen-bond donors (Lipinski definition) is 2. The number of hydrogen-bond acceptors (Lipinski definition) is 3. The zero-order chi connectivity index (χ0) is 10.6. The van der Waals surface area contributed by atoms with Gasteiger partial charge in [0.15, 0.2) is 0 Å². The van der Waals surface area contributed by atoms with Gasteiger partial charge in [-0.2, -0.15) is 0 Å². The predicted octanol–water partition coefficient (Wildman–Crippen LogP) is 2.39. The molecule has 0 aromatic heterocycles. The van der Waals surface area contributed by atoms with Crippen molar-refractivity contribution in [3.05, 3.63) is 29.8 Å². The van der Waals surface area contributed by atoms with Crippen LogP contribution in [0.25, 0.3) is 0 Å². The van der Waals surface area contributed by atoms with Crippen molar-refractivity contribution in [3.63, 3.8) is 0 Å². The number of para-hydroxylation sites is 1. The molecule has 3 N–H and O–H groups in total. The fraction of sp³-hybridized carbons (Fsp3) is 0.250. The zero-order valence-corrected chi connectivity index (χ0v) is 9.59. The summed E-state index contributed by atoms with van der Waals surface area (Å²) in [5.41, 5.74) is 2.62. The zero-order valence-electron chi connectivity index (χ0n) is 7.95. The average molecular weight is 279 g/mol. The highest BCUT2D eigenvalue weighted by atomic mass is 35.5. The summed E-state index contributed by atoms with van der Waals surface area (Å²) in [5, 5.41) is 0. The first kappa shape index (κ1) is 17.7. The molecular formula is C8H11Cl2F3N2O. The fourth-order valence-corrected chi connectivity index (χ4v) is 0.984. The maximum Gasteiger partial charge on any atom is 0.573 e. The molecule has 1 aromatic rings. The van der Waals surface area contributed by atoms with Crippen molar-refractivity contribution in [3.8, 4) is 5.75 Å². The SMILES string of the molecule is Cl.Cl.NNCc1ccccc1OC(F)(F)F. The molecule has 0 unspecified atom stereocenters. The summed E-state index contributed by atoms with van der Waals surface area (Å²) in [6.45, 7) is 0.117. The molecule has 8 heteroatoms. The van der Waals surface area contributed by atoms with Crippen LogP contribution in [0.1, 0.15) is 5.56 Å². The summed E-state index contributed by atoms with van der Waals surface area (Å²) in [7, 11) is 0. The molecule has 1 aromatic carbocycles. The number of nitrogens with two attached hydrogens (primary N) is 1. The van der Waals surface area contributed by atoms with Crippen LogP contribution in [0.4, 0.5) is 13.2 Å². The monoisotopic (exact) mass is 278 g/mol. The summed E-state index contributed by atoms with van der Waals surface area (Å²) in [6, 6.07) is 5.80. The maximum atomic E-state index is 11.9. The van der Waals surface area contributed by atoms with Gasteiger partial charge in [-0.3, -0.25) is 11.3 Å². The van der Waals surface area contributed by atoms with E-state index in [1.165, 1.54) is 18.2 Å². The normalized spacial score (nSPS) is 10.0. The van der Waals surface area contributed by atoms with Crippen LogP contribution in [0.3, 0.4) is 0 Å². The van der Waals surface area contributed by atoms with Gasteiger partial charge in [0, 0.05) is 12.1 Å². The smallest absolute Gasteiger partial charge is 0.405 e. The molecule has 0 fully saturated rings. The molecule has 94 valence electrons. The van der Waals surface area contributed by atoms with Gasteiger partial charge in [0.25, 0.3) is 0 Å². The Balaban J connectivity index is 0. The number of benzene rings is 1. The summed E-state index contributed by atoms with van der Waals surface area (Å²) < 4.78 is 39.5. The van der Waals surface area contributed by atoms with Crippen molar-refractivity contribution < 1.29 is 17.9 Å². The molecular weight excluding hydrogens is 268 g/mol. The number of rotatable bonds is 3. The van der Waals surface area contributed by atoms with Crippen molar-refractivity contribution in [2.45, 2.75) is 12.9 Å². The second kappa shape index (κ2) is 7.56. The molecule has 0 heterocycles. The van der Waals surface area contributed by atoms with E-state index >= 15 is 0 Å². The van der Waals surface area contributed by atoms with Crippen LogP contribution in [-0.2, 0) is 6.54 Å². The van der Waals surface area contributed by atoms with E-state index in [9.17, 15) is 13.2 Å². The van der Waals surface area contributed by atoms with Crippen LogP contribution in [0.5, 0.6) is 5.75 Å². The molecule has 0 aliphatic rings. The Kier molecular flexibility index (Phi) is 8.36. The number of alkyl halides is 3. The molecule has 0 aliphatic heterocycles. The maximum absolute atomic E-state index is 11.9. The lowest BCUT2D eigenvalue weighted by molar-refractivity contribution is -0.274. The molecule has 16 heavy (non-hydrogen) atoms. The third-order valence-corrected chi connectivity index (χ3v) is 1.49. The minimum Gasteiger partial charge on any atom is -0.405 e. The lowest BCUT2D eigenvalue weighted by Gasteiger charge is -2.12. The van der Waals surface area contributed by atoms with Crippen LogP contribution < -0.4 is 16.0 Å². The van der Waals surface area contributed by atoms with Crippen molar-refractivity contribution in [1.82, 2.24) is 5.43 Å². The third kappa shape index (κ3) is 6.02. The first-order valence-electron chi connectivity index (χ1n) is 3.80. The molecule has 0 saturated carbocycles. The molecule has 0 spiro atoms. The Bertz CT molecular complexity index is 310. The Morgan fingerprint density at radius 1 is 1.19 bits per heavy atom. The van der Waals surface area contributed by atoms with Gasteiger partial charge in [0.1, 0.15) is 5.75 Å². The quantitative estimate of drug-likeness (QED) is 0.659. The highest BCUT2D eigenvalue weighted by molar-refractivity contribution is 5.85. The Labute approximate surface area is 103 Å². The van der Waals surface area contributed by atoms with Crippen molar-refractivity contribution in [1.29, 1.82) is 0 Å². The van der Waals surface area contributed by atoms with Gasteiger partial charge in [0.2, 0.25) is 0 Å². The molecule has 3 nitrogen and oxygen atoms in total. The van der Waals surface area contributed by atoms with E-state index in [0.717, 1.165) is 0 Å². The van der Waals surface area contributed by atoms with Crippen molar-refractivity contribution in [2.24, 2.45) is 5.84 Å². The largest absolute Gasteiger partial charge is 0.573 e. The van der Waals surface area contributed by atoms with Gasteiger partial charge in [-0.15, -0.1) is 38.0 Å². The lowest BCUT2D eigenvalue weighted by atomic mass is 10.2. The third-order valence-electron chi connectivity index (χ3n) is 1.49. The van der Waals surface area contributed by atoms with Crippen molar-refractivity contribution >= 4 is 24.8 Å². The van der Waals surface area contributed by atoms with E-state index in [-0.39, 0.29) is 37.1 Å². The van der Waals surface area contributed by atoms with Gasteiger partial charge in [-0.05, 0) is 6.07 Å². The molecule has 0 radical (unpaired) electrons. The van der Waals surface area contributed by atoms with Gasteiger partial charge in [0.05, 0.1) is 0 Å². The minimum atomic E-state index is -4.68. The predicted molar refractivity (Wildman–Crippen MR) is 58.6 cm³/mol. The number of hydrazine groups is 1. The average Bonchev–Trinajstić information content (AvgIpc) is 2.06. The van der Waals surface area contributed by atoms with Gasteiger partial charge >= 0.3 is 6.36 Å². The van der Waals surface area contributed by atoms with Gasteiger partial charge in [-0.1, -0.05) is 18.2 Å². The topological polar surface area (TPSA) is 47.3 Å². The molecule has 0 amide bonds.